The SMILES string of the molecule is CCCCCC1=NN(C(=O)c2ccco2)[C@](O)(C(F)(F)F)C1. The number of aliphatic hydroxyl groups is 1. The third kappa shape index (κ3) is 3.01. The molecular weight excluding hydrogens is 301 g/mol. The van der Waals surface area contributed by atoms with Crippen molar-refractivity contribution < 1.29 is 27.5 Å². The van der Waals surface area contributed by atoms with Gasteiger partial charge in [-0.3, -0.25) is 4.79 Å². The summed E-state index contributed by atoms with van der Waals surface area (Å²) in [5, 5.41) is 13.8. The number of hydrazone groups is 1. The number of furan rings is 1. The second-order valence-electron chi connectivity index (χ2n) is 5.21. The molecule has 1 aromatic heterocycles. The van der Waals surface area contributed by atoms with Gasteiger partial charge in [0.25, 0.3) is 5.72 Å². The Labute approximate surface area is 125 Å². The van der Waals surface area contributed by atoms with Gasteiger partial charge in [-0.1, -0.05) is 19.8 Å². The summed E-state index contributed by atoms with van der Waals surface area (Å²) < 4.78 is 44.4. The number of alkyl halides is 3. The zero-order valence-electron chi connectivity index (χ0n) is 12.1. The molecule has 0 bridgehead atoms. The van der Waals surface area contributed by atoms with E-state index in [9.17, 15) is 23.1 Å². The summed E-state index contributed by atoms with van der Waals surface area (Å²) in [6, 6.07) is 2.60. The molecule has 0 aromatic carbocycles. The molecule has 1 aromatic rings. The van der Waals surface area contributed by atoms with Crippen LogP contribution in [0.3, 0.4) is 0 Å². The molecule has 8 heteroatoms. The molecule has 1 amide bonds. The van der Waals surface area contributed by atoms with Crippen LogP contribution in [0.5, 0.6) is 0 Å². The first-order chi connectivity index (χ1) is 10.3. The van der Waals surface area contributed by atoms with Crippen molar-refractivity contribution in [3.63, 3.8) is 0 Å². The largest absolute Gasteiger partial charge is 0.459 e. The number of unbranched alkanes of at least 4 members (excludes halogenated alkanes) is 2. The molecular formula is C14H17F3N2O3. The van der Waals surface area contributed by atoms with Crippen LogP contribution >= 0.6 is 0 Å². The van der Waals surface area contributed by atoms with E-state index < -0.39 is 24.2 Å². The van der Waals surface area contributed by atoms with Gasteiger partial charge in [0.2, 0.25) is 0 Å². The summed E-state index contributed by atoms with van der Waals surface area (Å²) in [6.45, 7) is 1.97. The maximum Gasteiger partial charge on any atom is 0.438 e. The van der Waals surface area contributed by atoms with E-state index in [2.05, 4.69) is 5.10 Å². The van der Waals surface area contributed by atoms with Crippen molar-refractivity contribution in [1.29, 1.82) is 0 Å². The minimum absolute atomic E-state index is 0.0904. The van der Waals surface area contributed by atoms with Gasteiger partial charge in [0.05, 0.1) is 6.26 Å². The van der Waals surface area contributed by atoms with E-state index in [1.54, 1.807) is 0 Å². The van der Waals surface area contributed by atoms with Crippen LogP contribution in [0.4, 0.5) is 13.2 Å². The Bertz CT molecular complexity index is 554. The van der Waals surface area contributed by atoms with Crippen molar-refractivity contribution in [3.8, 4) is 0 Å². The number of amides is 1. The Balaban J connectivity index is 2.26. The van der Waals surface area contributed by atoms with Gasteiger partial charge < -0.3 is 9.52 Å². The van der Waals surface area contributed by atoms with E-state index in [-0.39, 0.29) is 16.5 Å². The van der Waals surface area contributed by atoms with E-state index in [1.807, 2.05) is 6.92 Å². The molecule has 1 aliphatic heterocycles. The lowest BCUT2D eigenvalue weighted by Gasteiger charge is -2.32. The molecule has 2 rings (SSSR count). The molecule has 122 valence electrons. The van der Waals surface area contributed by atoms with Gasteiger partial charge in [-0.05, 0) is 25.0 Å². The molecule has 22 heavy (non-hydrogen) atoms. The lowest BCUT2D eigenvalue weighted by molar-refractivity contribution is -0.297. The average Bonchev–Trinajstić information content (AvgIpc) is 3.06. The number of hydrogen-bond donors (Lipinski definition) is 1. The fourth-order valence-corrected chi connectivity index (χ4v) is 2.27. The summed E-state index contributed by atoms with van der Waals surface area (Å²) in [5.74, 6) is -1.42. The minimum Gasteiger partial charge on any atom is -0.459 e. The molecule has 0 saturated heterocycles. The van der Waals surface area contributed by atoms with Gasteiger partial charge in [-0.25, -0.2) is 0 Å². The molecule has 0 saturated carbocycles. The standard InChI is InChI=1S/C14H17F3N2O3/c1-2-3-4-6-10-9-13(21,14(15,16)17)19(18-10)12(20)11-7-5-8-22-11/h5,7-8,21H,2-4,6,9H2,1H3/t13-/m1/s1. The van der Waals surface area contributed by atoms with Crippen LogP contribution in [0.2, 0.25) is 0 Å². The highest BCUT2D eigenvalue weighted by Crippen LogP contribution is 2.41. The number of nitrogens with zero attached hydrogens (tertiary/aromatic N) is 2. The van der Waals surface area contributed by atoms with Crippen LogP contribution in [-0.2, 0) is 0 Å². The first-order valence-corrected chi connectivity index (χ1v) is 7.03. The normalized spacial score (nSPS) is 22.0. The van der Waals surface area contributed by atoms with Crippen molar-refractivity contribution in [3.05, 3.63) is 24.2 Å². The van der Waals surface area contributed by atoms with Crippen LogP contribution in [0.1, 0.15) is 49.6 Å². The predicted molar refractivity (Wildman–Crippen MR) is 72.1 cm³/mol. The number of rotatable bonds is 5. The average molecular weight is 318 g/mol. The fourth-order valence-electron chi connectivity index (χ4n) is 2.27. The van der Waals surface area contributed by atoms with Crippen molar-refractivity contribution in [2.75, 3.05) is 0 Å². The zero-order chi connectivity index (χ0) is 16.4. The van der Waals surface area contributed by atoms with Crippen molar-refractivity contribution >= 4 is 11.6 Å². The monoisotopic (exact) mass is 318 g/mol. The van der Waals surface area contributed by atoms with Gasteiger partial charge in [0.1, 0.15) is 0 Å². The van der Waals surface area contributed by atoms with E-state index in [1.165, 1.54) is 18.4 Å². The van der Waals surface area contributed by atoms with Gasteiger partial charge >= 0.3 is 12.1 Å². The van der Waals surface area contributed by atoms with Crippen molar-refractivity contribution in [2.24, 2.45) is 5.10 Å². The van der Waals surface area contributed by atoms with Gasteiger partial charge in [-0.15, -0.1) is 0 Å². The number of carbonyl (C=O) groups excluding carboxylic acids is 1. The Morgan fingerprint density at radius 3 is 2.77 bits per heavy atom. The number of halogens is 3. The molecule has 1 aliphatic rings. The number of hydrogen-bond acceptors (Lipinski definition) is 4. The minimum atomic E-state index is -5.01. The summed E-state index contributed by atoms with van der Waals surface area (Å²) in [7, 11) is 0. The topological polar surface area (TPSA) is 66.0 Å². The summed E-state index contributed by atoms with van der Waals surface area (Å²) in [5.41, 5.74) is -3.16. The van der Waals surface area contributed by atoms with Crippen LogP contribution in [0.15, 0.2) is 27.9 Å². The highest BCUT2D eigenvalue weighted by molar-refractivity contribution is 5.96. The fraction of sp³-hybridized carbons (Fsp3) is 0.571. The second-order valence-corrected chi connectivity index (χ2v) is 5.21. The molecule has 2 heterocycles. The van der Waals surface area contributed by atoms with Crippen LogP contribution in [0, 0.1) is 0 Å². The maximum absolute atomic E-state index is 13.2. The van der Waals surface area contributed by atoms with E-state index in [4.69, 9.17) is 4.42 Å². The molecule has 5 nitrogen and oxygen atoms in total. The van der Waals surface area contributed by atoms with Gasteiger partial charge in [-0.2, -0.15) is 23.3 Å². The molecule has 1 atom stereocenters. The molecule has 0 aliphatic carbocycles. The predicted octanol–water partition coefficient (Wildman–Crippen LogP) is 3.31. The Kier molecular flexibility index (Phi) is 4.60. The highest BCUT2D eigenvalue weighted by atomic mass is 19.4. The molecule has 0 fully saturated rings. The van der Waals surface area contributed by atoms with Gasteiger partial charge in [0, 0.05) is 12.1 Å². The summed E-state index contributed by atoms with van der Waals surface area (Å²) in [4.78, 5) is 12.1. The molecule has 0 unspecified atom stereocenters. The highest BCUT2D eigenvalue weighted by Gasteiger charge is 2.63. The van der Waals surface area contributed by atoms with Crippen LogP contribution in [0.25, 0.3) is 0 Å². The number of carbonyl (C=O) groups is 1. The maximum atomic E-state index is 13.2. The van der Waals surface area contributed by atoms with E-state index in [0.29, 0.717) is 12.8 Å². The van der Waals surface area contributed by atoms with Crippen LogP contribution in [-0.4, -0.2) is 33.6 Å². The molecule has 0 spiro atoms. The Morgan fingerprint density at radius 2 is 2.23 bits per heavy atom. The first-order valence-electron chi connectivity index (χ1n) is 7.03. The Morgan fingerprint density at radius 1 is 1.50 bits per heavy atom. The third-order valence-corrected chi connectivity index (χ3v) is 3.49. The third-order valence-electron chi connectivity index (χ3n) is 3.49. The Hall–Kier alpha value is -1.83. The van der Waals surface area contributed by atoms with Crippen LogP contribution < -0.4 is 0 Å². The quantitative estimate of drug-likeness (QED) is 0.847. The molecule has 0 radical (unpaired) electrons. The zero-order valence-corrected chi connectivity index (χ0v) is 12.1. The molecule has 1 N–H and O–H groups in total. The van der Waals surface area contributed by atoms with Crippen molar-refractivity contribution in [1.82, 2.24) is 5.01 Å². The summed E-state index contributed by atoms with van der Waals surface area (Å²) in [6.07, 6.45) is -1.85. The lowest BCUT2D eigenvalue weighted by Crippen LogP contribution is -2.56. The van der Waals surface area contributed by atoms with Crippen molar-refractivity contribution in [2.45, 2.75) is 50.9 Å². The first kappa shape index (κ1) is 16.5. The lowest BCUT2D eigenvalue weighted by atomic mass is 10.0. The van der Waals surface area contributed by atoms with E-state index in [0.717, 1.165) is 12.8 Å². The van der Waals surface area contributed by atoms with Gasteiger partial charge in [0.15, 0.2) is 5.76 Å². The second kappa shape index (κ2) is 6.12. The van der Waals surface area contributed by atoms with E-state index >= 15 is 0 Å². The summed E-state index contributed by atoms with van der Waals surface area (Å²) >= 11 is 0. The smallest absolute Gasteiger partial charge is 0.438 e.